The van der Waals surface area contributed by atoms with Gasteiger partial charge in [0.1, 0.15) is 0 Å². The highest BCUT2D eigenvalue weighted by atomic mass is 127. The van der Waals surface area contributed by atoms with Crippen molar-refractivity contribution in [1.82, 2.24) is 4.90 Å². The second-order valence-corrected chi connectivity index (χ2v) is 5.64. The third kappa shape index (κ3) is 3.60. The van der Waals surface area contributed by atoms with Crippen LogP contribution < -0.4 is 0 Å². The highest BCUT2D eigenvalue weighted by Crippen LogP contribution is 2.34. The molecule has 0 aliphatic rings. The van der Waals surface area contributed by atoms with Crippen molar-refractivity contribution in [2.45, 2.75) is 38.8 Å². The fraction of sp³-hybridized carbons (Fsp3) is 0.500. The van der Waals surface area contributed by atoms with E-state index in [9.17, 15) is 15.0 Å². The maximum Gasteiger partial charge on any atom is 0.409 e. The largest absolute Gasteiger partial charge is 0.465 e. The Morgan fingerprint density at radius 3 is 2.42 bits per heavy atom. The number of nitrogens with zero attached hydrogens (tertiary/aromatic N) is 1. The number of rotatable bonds is 6. The van der Waals surface area contributed by atoms with E-state index in [-0.39, 0.29) is 0 Å². The van der Waals surface area contributed by atoms with E-state index in [2.05, 4.69) is 22.6 Å². The van der Waals surface area contributed by atoms with Crippen LogP contribution in [0.3, 0.4) is 0 Å². The van der Waals surface area contributed by atoms with Gasteiger partial charge in [0.05, 0.1) is 0 Å². The Balaban J connectivity index is 3.29. The number of carbonyl (C=O) groups is 1. The highest BCUT2D eigenvalue weighted by molar-refractivity contribution is 14.1. The van der Waals surface area contributed by atoms with Crippen molar-refractivity contribution in [3.05, 3.63) is 33.4 Å². The molecule has 1 aromatic rings. The average molecular weight is 377 g/mol. The summed E-state index contributed by atoms with van der Waals surface area (Å²) >= 11 is 2.13. The monoisotopic (exact) mass is 377 g/mol. The smallest absolute Gasteiger partial charge is 0.409 e. The van der Waals surface area contributed by atoms with Crippen LogP contribution >= 0.6 is 22.6 Å². The molecule has 4 nitrogen and oxygen atoms in total. The second kappa shape index (κ2) is 7.09. The third-order valence-electron chi connectivity index (χ3n) is 3.03. The number of halogens is 1. The topological polar surface area (TPSA) is 60.8 Å². The van der Waals surface area contributed by atoms with Gasteiger partial charge in [0.15, 0.2) is 5.72 Å². The van der Waals surface area contributed by atoms with Gasteiger partial charge in [0.2, 0.25) is 0 Å². The summed E-state index contributed by atoms with van der Waals surface area (Å²) in [5.41, 5.74) is -0.790. The minimum Gasteiger partial charge on any atom is -0.465 e. The van der Waals surface area contributed by atoms with Gasteiger partial charge in [-0.15, -0.1) is 0 Å². The van der Waals surface area contributed by atoms with Crippen molar-refractivity contribution in [3.8, 4) is 0 Å². The Kier molecular flexibility index (Phi) is 6.06. The van der Waals surface area contributed by atoms with E-state index < -0.39 is 11.8 Å². The van der Waals surface area contributed by atoms with Gasteiger partial charge in [-0.2, -0.15) is 0 Å². The summed E-state index contributed by atoms with van der Waals surface area (Å²) in [6.45, 7) is 4.15. The molecule has 1 amide bonds. The third-order valence-corrected chi connectivity index (χ3v) is 3.97. The average Bonchev–Trinajstić information content (AvgIpc) is 2.36. The van der Waals surface area contributed by atoms with Gasteiger partial charge in [-0.25, -0.2) is 4.79 Å². The number of hydrogen-bond donors (Lipinski definition) is 2. The maximum absolute atomic E-state index is 11.5. The molecule has 1 aromatic carbocycles. The van der Waals surface area contributed by atoms with Crippen LogP contribution in [0, 0.1) is 3.57 Å². The molecule has 0 unspecified atom stereocenters. The van der Waals surface area contributed by atoms with E-state index in [1.165, 1.54) is 0 Å². The Morgan fingerprint density at radius 1 is 1.32 bits per heavy atom. The lowest BCUT2D eigenvalue weighted by molar-refractivity contribution is -0.106. The molecular formula is C14H20INO3. The Labute approximate surface area is 127 Å². The van der Waals surface area contributed by atoms with Crippen molar-refractivity contribution < 1.29 is 15.0 Å². The molecule has 19 heavy (non-hydrogen) atoms. The van der Waals surface area contributed by atoms with Crippen molar-refractivity contribution in [1.29, 1.82) is 0 Å². The molecule has 5 heteroatoms. The lowest BCUT2D eigenvalue weighted by Gasteiger charge is -2.38. The standard InChI is InChI=1S/C14H20INO3/c1-3-9-14(19,16(10-4-2)13(17)18)11-7-5-6-8-12(11)15/h5-8,19H,3-4,9-10H2,1-2H3,(H,17,18)/t14-/m1/s1. The van der Waals surface area contributed by atoms with E-state index in [0.717, 1.165) is 8.47 Å². The molecule has 1 atom stereocenters. The molecule has 0 heterocycles. The fourth-order valence-corrected chi connectivity index (χ4v) is 3.03. The predicted molar refractivity (Wildman–Crippen MR) is 83.0 cm³/mol. The van der Waals surface area contributed by atoms with Gasteiger partial charge in [0.25, 0.3) is 0 Å². The van der Waals surface area contributed by atoms with Crippen LogP contribution in [-0.2, 0) is 5.72 Å². The maximum atomic E-state index is 11.5. The lowest BCUT2D eigenvalue weighted by Crippen LogP contribution is -2.49. The zero-order valence-electron chi connectivity index (χ0n) is 11.3. The molecule has 0 fully saturated rings. The number of benzene rings is 1. The molecule has 0 radical (unpaired) electrons. The normalized spacial score (nSPS) is 13.9. The van der Waals surface area contributed by atoms with Crippen LogP contribution in [0.1, 0.15) is 38.7 Å². The molecule has 0 saturated carbocycles. The molecular weight excluding hydrogens is 357 g/mol. The van der Waals surface area contributed by atoms with Crippen molar-refractivity contribution >= 4 is 28.7 Å². The molecule has 0 spiro atoms. The van der Waals surface area contributed by atoms with Crippen LogP contribution in [0.5, 0.6) is 0 Å². The first-order chi connectivity index (χ1) is 8.97. The Morgan fingerprint density at radius 2 is 1.95 bits per heavy atom. The van der Waals surface area contributed by atoms with E-state index in [1.54, 1.807) is 6.07 Å². The highest BCUT2D eigenvalue weighted by Gasteiger charge is 2.39. The molecule has 106 valence electrons. The predicted octanol–water partition coefficient (Wildman–Crippen LogP) is 3.63. The zero-order chi connectivity index (χ0) is 14.5. The van der Waals surface area contributed by atoms with E-state index >= 15 is 0 Å². The van der Waals surface area contributed by atoms with Gasteiger partial charge in [0, 0.05) is 15.7 Å². The Hall–Kier alpha value is -0.820. The van der Waals surface area contributed by atoms with Crippen LogP contribution in [0.2, 0.25) is 0 Å². The van der Waals surface area contributed by atoms with Gasteiger partial charge in [-0.05, 0) is 41.5 Å². The summed E-state index contributed by atoms with van der Waals surface area (Å²) in [6, 6.07) is 7.37. The minimum atomic E-state index is -1.45. The molecule has 0 aliphatic heterocycles. The van der Waals surface area contributed by atoms with E-state index in [0.29, 0.717) is 31.4 Å². The Bertz CT molecular complexity index is 438. The molecule has 0 aromatic heterocycles. The number of amides is 1. The SMILES string of the molecule is CCCN(C(=O)O)[C@@](O)(CCC)c1ccccc1I. The number of hydrogen-bond acceptors (Lipinski definition) is 2. The first-order valence-corrected chi connectivity index (χ1v) is 7.53. The number of carboxylic acid groups (broad SMARTS) is 1. The zero-order valence-corrected chi connectivity index (χ0v) is 13.4. The van der Waals surface area contributed by atoms with Gasteiger partial charge >= 0.3 is 6.09 Å². The van der Waals surface area contributed by atoms with Crippen molar-refractivity contribution in [3.63, 3.8) is 0 Å². The van der Waals surface area contributed by atoms with Gasteiger partial charge < -0.3 is 10.2 Å². The first kappa shape index (κ1) is 16.2. The summed E-state index contributed by atoms with van der Waals surface area (Å²) in [6.07, 6.45) is 0.674. The summed E-state index contributed by atoms with van der Waals surface area (Å²) in [5.74, 6) is 0. The summed E-state index contributed by atoms with van der Waals surface area (Å²) in [4.78, 5) is 12.6. The van der Waals surface area contributed by atoms with Crippen molar-refractivity contribution in [2.24, 2.45) is 0 Å². The number of aliphatic hydroxyl groups is 1. The molecule has 0 bridgehead atoms. The van der Waals surface area contributed by atoms with E-state index in [1.807, 2.05) is 32.0 Å². The lowest BCUT2D eigenvalue weighted by atomic mass is 9.96. The van der Waals surface area contributed by atoms with Crippen LogP contribution in [0.4, 0.5) is 4.79 Å². The molecule has 1 rings (SSSR count). The van der Waals surface area contributed by atoms with Crippen LogP contribution in [0.15, 0.2) is 24.3 Å². The quantitative estimate of drug-likeness (QED) is 0.588. The fourth-order valence-electron chi connectivity index (χ4n) is 2.21. The molecule has 2 N–H and O–H groups in total. The van der Waals surface area contributed by atoms with Gasteiger partial charge in [-0.3, -0.25) is 4.90 Å². The first-order valence-electron chi connectivity index (χ1n) is 6.45. The second-order valence-electron chi connectivity index (χ2n) is 4.48. The van der Waals surface area contributed by atoms with Gasteiger partial charge in [-0.1, -0.05) is 38.5 Å². The van der Waals surface area contributed by atoms with Crippen molar-refractivity contribution in [2.75, 3.05) is 6.54 Å². The van der Waals surface area contributed by atoms with Crippen LogP contribution in [-0.4, -0.2) is 27.8 Å². The molecule has 0 saturated heterocycles. The summed E-state index contributed by atoms with van der Waals surface area (Å²) < 4.78 is 0.874. The van der Waals surface area contributed by atoms with Crippen LogP contribution in [0.25, 0.3) is 0 Å². The minimum absolute atomic E-state index is 0.316. The summed E-state index contributed by atoms with van der Waals surface area (Å²) in [7, 11) is 0. The molecule has 0 aliphatic carbocycles. The van der Waals surface area contributed by atoms with E-state index in [4.69, 9.17) is 0 Å². The summed E-state index contributed by atoms with van der Waals surface area (Å²) in [5, 5.41) is 20.3.